The number of fused-ring (bicyclic) bond motifs is 1. The maximum absolute atomic E-state index is 2.57. The van der Waals surface area contributed by atoms with Crippen LogP contribution in [0.1, 0.15) is 53.4 Å². The van der Waals surface area contributed by atoms with Crippen molar-refractivity contribution in [2.45, 2.75) is 53.4 Å². The average molecular weight is 204 g/mol. The zero-order valence-corrected chi connectivity index (χ0v) is 10.6. The molecule has 15 heavy (non-hydrogen) atoms. The van der Waals surface area contributed by atoms with Crippen molar-refractivity contribution >= 4 is 0 Å². The molecule has 0 saturated heterocycles. The topological polar surface area (TPSA) is 0 Å². The Balaban J connectivity index is 2.11. The second kappa shape index (κ2) is 2.70. The number of hydrogen-bond acceptors (Lipinski definition) is 0. The Hall–Kier alpha value is -0.260. The van der Waals surface area contributed by atoms with E-state index < -0.39 is 0 Å². The van der Waals surface area contributed by atoms with Crippen molar-refractivity contribution in [1.29, 1.82) is 0 Å². The van der Waals surface area contributed by atoms with Crippen LogP contribution in [0.4, 0.5) is 0 Å². The normalized spacial score (nSPS) is 51.5. The fourth-order valence-electron chi connectivity index (χ4n) is 5.35. The molecular weight excluding hydrogens is 180 g/mol. The first-order valence-corrected chi connectivity index (χ1v) is 6.65. The maximum atomic E-state index is 2.57. The highest BCUT2D eigenvalue weighted by Crippen LogP contribution is 2.71. The molecule has 0 aromatic rings. The van der Waals surface area contributed by atoms with Crippen LogP contribution in [-0.2, 0) is 0 Å². The Kier molecular flexibility index (Phi) is 1.79. The van der Waals surface area contributed by atoms with Crippen LogP contribution >= 0.6 is 0 Å². The van der Waals surface area contributed by atoms with Crippen LogP contribution in [0.25, 0.3) is 0 Å². The third kappa shape index (κ3) is 0.990. The van der Waals surface area contributed by atoms with Crippen molar-refractivity contribution in [2.75, 3.05) is 0 Å². The Morgan fingerprint density at radius 3 is 2.73 bits per heavy atom. The van der Waals surface area contributed by atoms with Gasteiger partial charge in [0.25, 0.3) is 0 Å². The summed E-state index contributed by atoms with van der Waals surface area (Å²) in [6, 6.07) is 0. The fraction of sp³-hybridized carbons (Fsp3) is 0.867. The second-order valence-electron chi connectivity index (χ2n) is 6.99. The molecule has 2 saturated carbocycles. The van der Waals surface area contributed by atoms with Gasteiger partial charge in [-0.15, -0.1) is 0 Å². The predicted molar refractivity (Wildman–Crippen MR) is 64.6 cm³/mol. The van der Waals surface area contributed by atoms with Crippen LogP contribution < -0.4 is 0 Å². The van der Waals surface area contributed by atoms with Crippen molar-refractivity contribution in [2.24, 2.45) is 28.6 Å². The van der Waals surface area contributed by atoms with Crippen LogP contribution in [0.2, 0.25) is 0 Å². The molecule has 0 aliphatic heterocycles. The maximum Gasteiger partial charge on any atom is -0.0146 e. The first kappa shape index (κ1) is 9.93. The Bertz CT molecular complexity index is 323. The fourth-order valence-corrected chi connectivity index (χ4v) is 5.35. The summed E-state index contributed by atoms with van der Waals surface area (Å²) in [5.41, 5.74) is 2.96. The van der Waals surface area contributed by atoms with Crippen LogP contribution in [0.5, 0.6) is 0 Å². The Labute approximate surface area is 94.1 Å². The van der Waals surface area contributed by atoms with E-state index in [0.29, 0.717) is 10.8 Å². The van der Waals surface area contributed by atoms with E-state index in [2.05, 4.69) is 33.8 Å². The second-order valence-corrected chi connectivity index (χ2v) is 6.99. The SMILES string of the molecule is CC1=CCC23C[C@@H]1C(C)(C)C2CC[C@H]3C. The van der Waals surface area contributed by atoms with Gasteiger partial charge >= 0.3 is 0 Å². The minimum absolute atomic E-state index is 0.571. The third-order valence-corrected chi connectivity index (χ3v) is 6.30. The summed E-state index contributed by atoms with van der Waals surface area (Å²) in [4.78, 5) is 0. The van der Waals surface area contributed by atoms with E-state index in [1.807, 2.05) is 0 Å². The zero-order chi connectivity index (χ0) is 10.8. The summed E-state index contributed by atoms with van der Waals surface area (Å²) in [5, 5.41) is 0. The molecule has 0 heterocycles. The lowest BCUT2D eigenvalue weighted by Crippen LogP contribution is -2.30. The third-order valence-electron chi connectivity index (χ3n) is 6.30. The van der Waals surface area contributed by atoms with Crippen molar-refractivity contribution in [1.82, 2.24) is 0 Å². The van der Waals surface area contributed by atoms with E-state index in [9.17, 15) is 0 Å². The Morgan fingerprint density at radius 2 is 2.00 bits per heavy atom. The molecule has 2 bridgehead atoms. The smallest absolute Gasteiger partial charge is 0.0146 e. The van der Waals surface area contributed by atoms with Gasteiger partial charge in [0.15, 0.2) is 0 Å². The summed E-state index contributed by atoms with van der Waals surface area (Å²) in [6.45, 7) is 9.94. The lowest BCUT2D eigenvalue weighted by atomic mass is 9.68. The molecule has 84 valence electrons. The summed E-state index contributed by atoms with van der Waals surface area (Å²) < 4.78 is 0. The van der Waals surface area contributed by atoms with Crippen molar-refractivity contribution in [3.8, 4) is 0 Å². The highest BCUT2D eigenvalue weighted by atomic mass is 14.7. The molecule has 0 radical (unpaired) electrons. The molecule has 1 spiro atoms. The van der Waals surface area contributed by atoms with Gasteiger partial charge in [0.2, 0.25) is 0 Å². The van der Waals surface area contributed by atoms with Gasteiger partial charge < -0.3 is 0 Å². The van der Waals surface area contributed by atoms with E-state index in [0.717, 1.165) is 17.8 Å². The van der Waals surface area contributed by atoms with Crippen LogP contribution in [-0.4, -0.2) is 0 Å². The Morgan fingerprint density at radius 1 is 1.27 bits per heavy atom. The lowest BCUT2D eigenvalue weighted by molar-refractivity contribution is 0.128. The van der Waals surface area contributed by atoms with Gasteiger partial charge in [-0.05, 0) is 61.2 Å². The minimum Gasteiger partial charge on any atom is -0.0847 e. The van der Waals surface area contributed by atoms with Gasteiger partial charge in [-0.2, -0.15) is 0 Å². The molecule has 0 nitrogen and oxygen atoms in total. The molecule has 0 N–H and O–H groups in total. The van der Waals surface area contributed by atoms with Crippen molar-refractivity contribution in [3.63, 3.8) is 0 Å². The number of rotatable bonds is 0. The zero-order valence-electron chi connectivity index (χ0n) is 10.6. The number of allylic oxidation sites excluding steroid dienone is 2. The molecule has 2 unspecified atom stereocenters. The van der Waals surface area contributed by atoms with E-state index in [1.54, 1.807) is 5.57 Å². The van der Waals surface area contributed by atoms with Gasteiger partial charge in [-0.1, -0.05) is 32.4 Å². The molecule has 4 atom stereocenters. The van der Waals surface area contributed by atoms with E-state index in [4.69, 9.17) is 0 Å². The standard InChI is InChI=1S/C15H24/c1-10-7-8-15-9-12(10)14(3,4)13(15)6-5-11(15)2/h7,11-13H,5-6,8-9H2,1-4H3/t11-,12+,13?,15?/m1/s1. The molecule has 3 rings (SSSR count). The summed E-state index contributed by atoms with van der Waals surface area (Å²) >= 11 is 0. The summed E-state index contributed by atoms with van der Waals surface area (Å²) in [7, 11) is 0. The molecule has 0 heteroatoms. The van der Waals surface area contributed by atoms with Crippen LogP contribution in [0, 0.1) is 28.6 Å². The molecule has 0 aromatic heterocycles. The predicted octanol–water partition coefficient (Wildman–Crippen LogP) is 4.42. The molecule has 0 aromatic carbocycles. The van der Waals surface area contributed by atoms with Crippen molar-refractivity contribution < 1.29 is 0 Å². The highest BCUT2D eigenvalue weighted by molar-refractivity contribution is 5.25. The van der Waals surface area contributed by atoms with E-state index >= 15 is 0 Å². The number of hydrogen-bond donors (Lipinski definition) is 0. The van der Waals surface area contributed by atoms with Gasteiger partial charge in [0.05, 0.1) is 0 Å². The molecule has 3 aliphatic rings. The van der Waals surface area contributed by atoms with Crippen LogP contribution in [0.15, 0.2) is 11.6 Å². The quantitative estimate of drug-likeness (QED) is 0.513. The summed E-state index contributed by atoms with van der Waals surface area (Å²) in [6.07, 6.45) is 8.41. The van der Waals surface area contributed by atoms with Gasteiger partial charge in [-0.25, -0.2) is 0 Å². The van der Waals surface area contributed by atoms with Gasteiger partial charge in [0.1, 0.15) is 0 Å². The van der Waals surface area contributed by atoms with Gasteiger partial charge in [-0.3, -0.25) is 0 Å². The van der Waals surface area contributed by atoms with Crippen LogP contribution in [0.3, 0.4) is 0 Å². The molecule has 3 aliphatic carbocycles. The van der Waals surface area contributed by atoms with Gasteiger partial charge in [0, 0.05) is 0 Å². The molecular formula is C15H24. The molecule has 2 fully saturated rings. The van der Waals surface area contributed by atoms with E-state index in [-0.39, 0.29) is 0 Å². The largest absolute Gasteiger partial charge is 0.0847 e. The monoisotopic (exact) mass is 204 g/mol. The first-order valence-electron chi connectivity index (χ1n) is 6.65. The first-order chi connectivity index (χ1) is 6.98. The van der Waals surface area contributed by atoms with Crippen molar-refractivity contribution in [3.05, 3.63) is 11.6 Å². The minimum atomic E-state index is 0.571. The van der Waals surface area contributed by atoms with E-state index in [1.165, 1.54) is 25.7 Å². The molecule has 0 amide bonds. The summed E-state index contributed by atoms with van der Waals surface area (Å²) in [5.74, 6) is 2.86. The highest BCUT2D eigenvalue weighted by Gasteiger charge is 2.62. The average Bonchev–Trinajstić information content (AvgIpc) is 2.57. The lowest BCUT2D eigenvalue weighted by Gasteiger charge is -2.36.